The molecular formula is C14H19N5OS. The predicted molar refractivity (Wildman–Crippen MR) is 84.0 cm³/mol. The molecule has 2 aromatic heterocycles. The maximum atomic E-state index is 12.3. The molecule has 0 radical (unpaired) electrons. The van der Waals surface area contributed by atoms with Crippen molar-refractivity contribution in [1.82, 2.24) is 19.8 Å². The molecule has 0 bridgehead atoms. The monoisotopic (exact) mass is 305 g/mol. The minimum Gasteiger partial charge on any atom is -0.383 e. The zero-order chi connectivity index (χ0) is 15.2. The van der Waals surface area contributed by atoms with E-state index < -0.39 is 5.54 Å². The molecule has 1 amide bonds. The van der Waals surface area contributed by atoms with Crippen molar-refractivity contribution in [2.45, 2.75) is 25.9 Å². The summed E-state index contributed by atoms with van der Waals surface area (Å²) in [5, 5.41) is 2.86. The van der Waals surface area contributed by atoms with E-state index in [2.05, 4.69) is 14.9 Å². The SMILES string of the molecule is CN1CCN(Cc2nc(N)c3ccsc3n2)C(C)(C)C1=O. The lowest BCUT2D eigenvalue weighted by molar-refractivity contribution is -0.147. The Morgan fingerprint density at radius 3 is 2.90 bits per heavy atom. The summed E-state index contributed by atoms with van der Waals surface area (Å²) in [5.41, 5.74) is 5.44. The summed E-state index contributed by atoms with van der Waals surface area (Å²) < 4.78 is 0. The van der Waals surface area contributed by atoms with Gasteiger partial charge in [-0.2, -0.15) is 0 Å². The summed E-state index contributed by atoms with van der Waals surface area (Å²) >= 11 is 1.55. The average Bonchev–Trinajstić information content (AvgIpc) is 2.89. The standard InChI is InChI=1S/C14H19N5OS/c1-14(2)13(20)18(3)5-6-19(14)8-10-16-11(15)9-4-7-21-12(9)17-10/h4,7H,5-6,8H2,1-3H3,(H2,15,16,17). The summed E-state index contributed by atoms with van der Waals surface area (Å²) in [6, 6.07) is 1.93. The third-order valence-corrected chi connectivity index (χ3v) is 4.91. The van der Waals surface area contributed by atoms with Gasteiger partial charge in [0.05, 0.1) is 17.5 Å². The summed E-state index contributed by atoms with van der Waals surface area (Å²) in [7, 11) is 1.84. The Morgan fingerprint density at radius 2 is 2.14 bits per heavy atom. The molecule has 112 valence electrons. The Kier molecular flexibility index (Phi) is 3.33. The Labute approximate surface area is 127 Å². The molecular weight excluding hydrogens is 286 g/mol. The maximum absolute atomic E-state index is 12.3. The molecule has 3 heterocycles. The van der Waals surface area contributed by atoms with Crippen LogP contribution in [-0.4, -0.2) is 51.4 Å². The molecule has 0 aliphatic carbocycles. The van der Waals surface area contributed by atoms with Crippen LogP contribution in [0.1, 0.15) is 19.7 Å². The molecule has 6 nitrogen and oxygen atoms in total. The molecule has 7 heteroatoms. The smallest absolute Gasteiger partial charge is 0.242 e. The molecule has 2 N–H and O–H groups in total. The summed E-state index contributed by atoms with van der Waals surface area (Å²) in [5.74, 6) is 1.31. The van der Waals surface area contributed by atoms with Crippen LogP contribution in [0, 0.1) is 0 Å². The second kappa shape index (κ2) is 4.92. The molecule has 0 atom stereocenters. The van der Waals surface area contributed by atoms with E-state index in [-0.39, 0.29) is 5.91 Å². The van der Waals surface area contributed by atoms with Gasteiger partial charge in [0, 0.05) is 20.1 Å². The molecule has 3 rings (SSSR count). The van der Waals surface area contributed by atoms with Crippen molar-refractivity contribution in [2.24, 2.45) is 0 Å². The molecule has 1 aliphatic rings. The summed E-state index contributed by atoms with van der Waals surface area (Å²) in [6.07, 6.45) is 0. The molecule has 0 spiro atoms. The van der Waals surface area contributed by atoms with Crippen molar-refractivity contribution < 1.29 is 4.79 Å². The number of rotatable bonds is 2. The number of carbonyl (C=O) groups is 1. The van der Waals surface area contributed by atoms with Crippen molar-refractivity contribution in [2.75, 3.05) is 25.9 Å². The highest BCUT2D eigenvalue weighted by Gasteiger charge is 2.40. The van der Waals surface area contributed by atoms with Gasteiger partial charge in [-0.05, 0) is 25.3 Å². The number of piperazine rings is 1. The number of nitrogens with two attached hydrogens (primary N) is 1. The minimum absolute atomic E-state index is 0.124. The fraction of sp³-hybridized carbons (Fsp3) is 0.500. The van der Waals surface area contributed by atoms with Crippen LogP contribution in [-0.2, 0) is 11.3 Å². The van der Waals surface area contributed by atoms with Crippen LogP contribution in [0.15, 0.2) is 11.4 Å². The van der Waals surface area contributed by atoms with Gasteiger partial charge in [0.15, 0.2) is 0 Å². The third-order valence-electron chi connectivity index (χ3n) is 4.10. The van der Waals surface area contributed by atoms with E-state index in [0.29, 0.717) is 18.2 Å². The number of nitrogen functional groups attached to an aromatic ring is 1. The van der Waals surface area contributed by atoms with Crippen molar-refractivity contribution in [1.29, 1.82) is 0 Å². The Bertz CT molecular complexity index is 696. The van der Waals surface area contributed by atoms with E-state index >= 15 is 0 Å². The van der Waals surface area contributed by atoms with E-state index in [1.54, 1.807) is 16.2 Å². The third kappa shape index (κ3) is 2.36. The first-order valence-corrected chi connectivity index (χ1v) is 7.78. The number of aromatic nitrogens is 2. The number of hydrogen-bond donors (Lipinski definition) is 1. The van der Waals surface area contributed by atoms with Crippen molar-refractivity contribution >= 4 is 33.3 Å². The molecule has 21 heavy (non-hydrogen) atoms. The van der Waals surface area contributed by atoms with E-state index in [4.69, 9.17) is 5.73 Å². The highest BCUT2D eigenvalue weighted by molar-refractivity contribution is 7.16. The van der Waals surface area contributed by atoms with Crippen LogP contribution >= 0.6 is 11.3 Å². The lowest BCUT2D eigenvalue weighted by Crippen LogP contribution is -2.61. The molecule has 0 unspecified atom stereocenters. The molecule has 0 aromatic carbocycles. The van der Waals surface area contributed by atoms with Crippen molar-refractivity contribution in [3.05, 3.63) is 17.3 Å². The number of carbonyl (C=O) groups excluding carboxylic acids is 1. The van der Waals surface area contributed by atoms with E-state index in [0.717, 1.165) is 23.3 Å². The highest BCUT2D eigenvalue weighted by atomic mass is 32.1. The molecule has 1 saturated heterocycles. The fourth-order valence-corrected chi connectivity index (χ4v) is 3.49. The van der Waals surface area contributed by atoms with Crippen LogP contribution in [0.4, 0.5) is 5.82 Å². The van der Waals surface area contributed by atoms with Gasteiger partial charge in [0.1, 0.15) is 16.5 Å². The number of thiophene rings is 1. The number of anilines is 1. The van der Waals surface area contributed by atoms with Crippen LogP contribution in [0.2, 0.25) is 0 Å². The van der Waals surface area contributed by atoms with Crippen LogP contribution in [0.25, 0.3) is 10.2 Å². The first kappa shape index (κ1) is 14.2. The second-order valence-electron chi connectivity index (χ2n) is 5.87. The van der Waals surface area contributed by atoms with E-state index in [9.17, 15) is 4.79 Å². The predicted octanol–water partition coefficient (Wildman–Crippen LogP) is 1.33. The summed E-state index contributed by atoms with van der Waals surface area (Å²) in [6.45, 7) is 5.95. The molecule has 0 saturated carbocycles. The Hall–Kier alpha value is -1.73. The average molecular weight is 305 g/mol. The van der Waals surface area contributed by atoms with Crippen LogP contribution < -0.4 is 5.73 Å². The largest absolute Gasteiger partial charge is 0.383 e. The van der Waals surface area contributed by atoms with Gasteiger partial charge < -0.3 is 10.6 Å². The van der Waals surface area contributed by atoms with E-state index in [1.165, 1.54) is 0 Å². The van der Waals surface area contributed by atoms with Gasteiger partial charge in [-0.1, -0.05) is 0 Å². The second-order valence-corrected chi connectivity index (χ2v) is 6.77. The molecule has 1 aliphatic heterocycles. The van der Waals surface area contributed by atoms with Gasteiger partial charge in [-0.25, -0.2) is 9.97 Å². The normalized spacial score (nSPS) is 19.4. The lowest BCUT2D eigenvalue weighted by atomic mass is 9.98. The summed E-state index contributed by atoms with van der Waals surface area (Å²) in [4.78, 5) is 26.0. The van der Waals surface area contributed by atoms with Crippen molar-refractivity contribution in [3.8, 4) is 0 Å². The van der Waals surface area contributed by atoms with Gasteiger partial charge in [-0.3, -0.25) is 9.69 Å². The van der Waals surface area contributed by atoms with Crippen LogP contribution in [0.3, 0.4) is 0 Å². The van der Waals surface area contributed by atoms with Crippen LogP contribution in [0.5, 0.6) is 0 Å². The number of hydrogen-bond acceptors (Lipinski definition) is 6. The number of amides is 1. The minimum atomic E-state index is -0.546. The quantitative estimate of drug-likeness (QED) is 0.906. The Morgan fingerprint density at radius 1 is 1.38 bits per heavy atom. The van der Waals surface area contributed by atoms with Crippen molar-refractivity contribution in [3.63, 3.8) is 0 Å². The maximum Gasteiger partial charge on any atom is 0.242 e. The zero-order valence-corrected chi connectivity index (χ0v) is 13.3. The number of likely N-dealkylation sites (N-methyl/N-ethyl adjacent to an activating group) is 1. The highest BCUT2D eigenvalue weighted by Crippen LogP contribution is 2.26. The lowest BCUT2D eigenvalue weighted by Gasteiger charge is -2.44. The fourth-order valence-electron chi connectivity index (χ4n) is 2.70. The zero-order valence-electron chi connectivity index (χ0n) is 12.5. The number of fused-ring (bicyclic) bond motifs is 1. The van der Waals surface area contributed by atoms with Gasteiger partial charge in [0.2, 0.25) is 5.91 Å². The number of nitrogens with zero attached hydrogens (tertiary/aromatic N) is 4. The van der Waals surface area contributed by atoms with E-state index in [1.807, 2.05) is 32.3 Å². The first-order chi connectivity index (χ1) is 9.89. The first-order valence-electron chi connectivity index (χ1n) is 6.90. The van der Waals surface area contributed by atoms with Gasteiger partial charge >= 0.3 is 0 Å². The topological polar surface area (TPSA) is 75.3 Å². The molecule has 1 fully saturated rings. The van der Waals surface area contributed by atoms with Gasteiger partial charge in [-0.15, -0.1) is 11.3 Å². The van der Waals surface area contributed by atoms with Gasteiger partial charge in [0.25, 0.3) is 0 Å². The Balaban J connectivity index is 1.89. The molecule has 2 aromatic rings.